The van der Waals surface area contributed by atoms with Gasteiger partial charge in [0.1, 0.15) is 0 Å². The number of hydrogen-bond donors (Lipinski definition) is 1. The van der Waals surface area contributed by atoms with E-state index in [0.717, 1.165) is 32.0 Å². The molecule has 0 aromatic heterocycles. The van der Waals surface area contributed by atoms with E-state index in [1.54, 1.807) is 0 Å². The molecule has 118 valence electrons. The van der Waals surface area contributed by atoms with Crippen LogP contribution in [0.3, 0.4) is 0 Å². The first kappa shape index (κ1) is 16.5. The van der Waals surface area contributed by atoms with Crippen LogP contribution >= 0.6 is 0 Å². The maximum Gasteiger partial charge on any atom is 0.0236 e. The van der Waals surface area contributed by atoms with Gasteiger partial charge in [-0.05, 0) is 69.7 Å². The van der Waals surface area contributed by atoms with Crippen LogP contribution in [0.5, 0.6) is 0 Å². The van der Waals surface area contributed by atoms with Gasteiger partial charge in [0.2, 0.25) is 0 Å². The van der Waals surface area contributed by atoms with Gasteiger partial charge in [-0.25, -0.2) is 0 Å². The fraction of sp³-hybridized carbons (Fsp3) is 0.684. The lowest BCUT2D eigenvalue weighted by Crippen LogP contribution is -2.32. The molecule has 2 rings (SSSR count). The first-order valence-corrected chi connectivity index (χ1v) is 8.71. The van der Waals surface area contributed by atoms with E-state index >= 15 is 0 Å². The van der Waals surface area contributed by atoms with E-state index in [0.29, 0.717) is 6.04 Å². The van der Waals surface area contributed by atoms with Crippen molar-refractivity contribution in [3.05, 3.63) is 35.4 Å². The van der Waals surface area contributed by atoms with Crippen LogP contribution in [0.2, 0.25) is 0 Å². The van der Waals surface area contributed by atoms with E-state index in [9.17, 15) is 0 Å². The summed E-state index contributed by atoms with van der Waals surface area (Å²) in [4.78, 5) is 2.62. The number of rotatable bonds is 10. The summed E-state index contributed by atoms with van der Waals surface area (Å²) in [5.74, 6) is 0.969. The van der Waals surface area contributed by atoms with Crippen molar-refractivity contribution in [2.75, 3.05) is 19.6 Å². The fourth-order valence-electron chi connectivity index (χ4n) is 2.67. The van der Waals surface area contributed by atoms with E-state index in [-0.39, 0.29) is 0 Å². The molecule has 0 spiro atoms. The molecule has 1 aliphatic rings. The average Bonchev–Trinajstić information content (AvgIpc) is 3.28. The van der Waals surface area contributed by atoms with E-state index in [4.69, 9.17) is 0 Å². The van der Waals surface area contributed by atoms with E-state index < -0.39 is 0 Å². The summed E-state index contributed by atoms with van der Waals surface area (Å²) in [6.07, 6.45) is 5.22. The van der Waals surface area contributed by atoms with Gasteiger partial charge in [0.05, 0.1) is 0 Å². The van der Waals surface area contributed by atoms with Gasteiger partial charge in [0.25, 0.3) is 0 Å². The third-order valence-electron chi connectivity index (χ3n) is 4.35. The van der Waals surface area contributed by atoms with Crippen molar-refractivity contribution in [3.63, 3.8) is 0 Å². The van der Waals surface area contributed by atoms with Crippen LogP contribution in [0.4, 0.5) is 0 Å². The Morgan fingerprint density at radius 2 is 1.76 bits per heavy atom. The molecule has 1 N–H and O–H groups in total. The zero-order valence-electron chi connectivity index (χ0n) is 14.1. The predicted octanol–water partition coefficient (Wildman–Crippen LogP) is 3.85. The Balaban J connectivity index is 1.79. The van der Waals surface area contributed by atoms with Gasteiger partial charge in [-0.3, -0.25) is 4.90 Å². The number of hydrogen-bond acceptors (Lipinski definition) is 2. The molecule has 0 aliphatic heterocycles. The van der Waals surface area contributed by atoms with Crippen LogP contribution in [0, 0.1) is 5.92 Å². The van der Waals surface area contributed by atoms with Crippen molar-refractivity contribution in [2.45, 2.75) is 59.0 Å². The van der Waals surface area contributed by atoms with Crippen molar-refractivity contribution in [1.29, 1.82) is 0 Å². The summed E-state index contributed by atoms with van der Waals surface area (Å²) < 4.78 is 0. The molecule has 0 bridgehead atoms. The Kier molecular flexibility index (Phi) is 6.72. The summed E-state index contributed by atoms with van der Waals surface area (Å²) in [7, 11) is 0. The molecular weight excluding hydrogens is 256 g/mol. The topological polar surface area (TPSA) is 15.3 Å². The highest BCUT2D eigenvalue weighted by molar-refractivity contribution is 5.22. The van der Waals surface area contributed by atoms with Crippen molar-refractivity contribution in [3.8, 4) is 0 Å². The molecule has 1 aromatic rings. The summed E-state index contributed by atoms with van der Waals surface area (Å²) in [5.41, 5.74) is 2.90. The van der Waals surface area contributed by atoms with E-state index in [1.807, 2.05) is 0 Å². The normalized spacial score (nSPS) is 15.1. The largest absolute Gasteiger partial charge is 0.316 e. The van der Waals surface area contributed by atoms with Crippen molar-refractivity contribution >= 4 is 0 Å². The highest BCUT2D eigenvalue weighted by Gasteiger charge is 2.25. The van der Waals surface area contributed by atoms with Gasteiger partial charge in [0.15, 0.2) is 0 Å². The van der Waals surface area contributed by atoms with Crippen LogP contribution in [0.25, 0.3) is 0 Å². The monoisotopic (exact) mass is 288 g/mol. The summed E-state index contributed by atoms with van der Waals surface area (Å²) in [6.45, 7) is 11.4. The van der Waals surface area contributed by atoms with Crippen molar-refractivity contribution in [2.24, 2.45) is 5.92 Å². The zero-order chi connectivity index (χ0) is 15.1. The van der Waals surface area contributed by atoms with E-state index in [2.05, 4.69) is 55.3 Å². The van der Waals surface area contributed by atoms with Gasteiger partial charge in [-0.2, -0.15) is 0 Å². The number of benzene rings is 1. The second kappa shape index (κ2) is 8.55. The number of nitrogens with zero attached hydrogens (tertiary/aromatic N) is 1. The molecule has 0 heterocycles. The second-order valence-corrected chi connectivity index (χ2v) is 6.78. The Labute approximate surface area is 130 Å². The van der Waals surface area contributed by atoms with Gasteiger partial charge < -0.3 is 5.32 Å². The first-order chi connectivity index (χ1) is 10.2. The molecular formula is C19H32N2. The highest BCUT2D eigenvalue weighted by atomic mass is 15.1. The molecule has 0 atom stereocenters. The minimum absolute atomic E-state index is 0.642. The lowest BCUT2D eigenvalue weighted by atomic mass is 10.1. The highest BCUT2D eigenvalue weighted by Crippen LogP contribution is 2.30. The van der Waals surface area contributed by atoms with Crippen LogP contribution < -0.4 is 5.32 Å². The van der Waals surface area contributed by atoms with Gasteiger partial charge >= 0.3 is 0 Å². The minimum Gasteiger partial charge on any atom is -0.316 e. The molecule has 1 aliphatic carbocycles. The first-order valence-electron chi connectivity index (χ1n) is 8.71. The van der Waals surface area contributed by atoms with Crippen LogP contribution in [-0.4, -0.2) is 30.6 Å². The molecule has 0 unspecified atom stereocenters. The Morgan fingerprint density at radius 3 is 2.33 bits per heavy atom. The lowest BCUT2D eigenvalue weighted by Gasteiger charge is -2.26. The lowest BCUT2D eigenvalue weighted by molar-refractivity contribution is 0.204. The summed E-state index contributed by atoms with van der Waals surface area (Å²) >= 11 is 0. The Bertz CT molecular complexity index is 393. The average molecular weight is 288 g/mol. The maximum absolute atomic E-state index is 3.47. The number of nitrogens with one attached hydrogen (secondary N) is 1. The predicted molar refractivity (Wildman–Crippen MR) is 91.6 cm³/mol. The molecule has 0 amide bonds. The van der Waals surface area contributed by atoms with Crippen molar-refractivity contribution in [1.82, 2.24) is 10.2 Å². The molecule has 1 fully saturated rings. The Hall–Kier alpha value is -0.860. The quantitative estimate of drug-likeness (QED) is 0.658. The molecule has 2 heteroatoms. The van der Waals surface area contributed by atoms with Gasteiger partial charge in [-0.15, -0.1) is 0 Å². The van der Waals surface area contributed by atoms with Gasteiger partial charge in [-0.1, -0.05) is 31.2 Å². The Morgan fingerprint density at radius 1 is 1.10 bits per heavy atom. The SMILES string of the molecule is CCCNCCc1ccc(CN(CC2CC2)C(C)C)cc1. The van der Waals surface area contributed by atoms with Crippen molar-refractivity contribution < 1.29 is 0 Å². The van der Waals surface area contributed by atoms with Gasteiger partial charge in [0, 0.05) is 19.1 Å². The van der Waals surface area contributed by atoms with Crippen LogP contribution in [0.15, 0.2) is 24.3 Å². The second-order valence-electron chi connectivity index (χ2n) is 6.78. The molecule has 2 nitrogen and oxygen atoms in total. The van der Waals surface area contributed by atoms with E-state index in [1.165, 1.54) is 36.9 Å². The third-order valence-corrected chi connectivity index (χ3v) is 4.35. The van der Waals surface area contributed by atoms with Crippen LogP contribution in [0.1, 0.15) is 51.2 Å². The molecule has 21 heavy (non-hydrogen) atoms. The zero-order valence-corrected chi connectivity index (χ0v) is 14.1. The summed E-state index contributed by atoms with van der Waals surface area (Å²) in [6, 6.07) is 9.88. The third kappa shape index (κ3) is 6.19. The molecule has 1 aromatic carbocycles. The fourth-order valence-corrected chi connectivity index (χ4v) is 2.67. The summed E-state index contributed by atoms with van der Waals surface area (Å²) in [5, 5.41) is 3.47. The van der Waals surface area contributed by atoms with Crippen LogP contribution in [-0.2, 0) is 13.0 Å². The molecule has 0 radical (unpaired) electrons. The smallest absolute Gasteiger partial charge is 0.0236 e. The standard InChI is InChI=1S/C19H32N2/c1-4-12-20-13-11-17-5-7-18(8-6-17)14-21(16(2)3)15-19-9-10-19/h5-8,16,19-20H,4,9-15H2,1-3H3. The molecule has 1 saturated carbocycles. The maximum atomic E-state index is 3.47. The molecule has 0 saturated heterocycles. The minimum atomic E-state index is 0.642.